The molecule has 2 aromatic rings. The van der Waals surface area contributed by atoms with E-state index in [0.717, 1.165) is 23.8 Å². The molecule has 2 rings (SSSR count). The molecule has 2 amide bonds. The van der Waals surface area contributed by atoms with Gasteiger partial charge in [-0.2, -0.15) is 13.2 Å². The number of nitrogens with one attached hydrogen (secondary N) is 2. The lowest BCUT2D eigenvalue weighted by atomic mass is 10.1. The topological polar surface area (TPSA) is 58.2 Å². The second-order valence-electron chi connectivity index (χ2n) is 5.45. The second kappa shape index (κ2) is 8.33. The molecule has 0 spiro atoms. The number of alkyl halides is 3. The van der Waals surface area contributed by atoms with Crippen molar-refractivity contribution >= 4 is 17.9 Å². The molecular weight excluding hydrogens is 345 g/mol. The second-order valence-corrected chi connectivity index (χ2v) is 5.45. The largest absolute Gasteiger partial charge is 0.416 e. The Bertz CT molecular complexity index is 830. The van der Waals surface area contributed by atoms with Gasteiger partial charge in [0.1, 0.15) is 0 Å². The highest BCUT2D eigenvalue weighted by Gasteiger charge is 2.30. The van der Waals surface area contributed by atoms with E-state index in [-0.39, 0.29) is 18.0 Å². The highest BCUT2D eigenvalue weighted by molar-refractivity contribution is 5.94. The van der Waals surface area contributed by atoms with E-state index in [2.05, 4.69) is 10.6 Å². The summed E-state index contributed by atoms with van der Waals surface area (Å²) in [5.74, 6) is -0.685. The van der Waals surface area contributed by atoms with Crippen molar-refractivity contribution in [3.63, 3.8) is 0 Å². The van der Waals surface area contributed by atoms with Crippen molar-refractivity contribution in [1.29, 1.82) is 0 Å². The van der Waals surface area contributed by atoms with E-state index in [0.29, 0.717) is 5.56 Å². The molecule has 136 valence electrons. The van der Waals surface area contributed by atoms with Gasteiger partial charge in [-0.3, -0.25) is 9.59 Å². The smallest absolute Gasteiger partial charge is 0.355 e. The van der Waals surface area contributed by atoms with Gasteiger partial charge in [0.05, 0.1) is 5.56 Å². The van der Waals surface area contributed by atoms with Crippen LogP contribution in [0.25, 0.3) is 6.08 Å². The Balaban J connectivity index is 1.97. The molecule has 0 saturated heterocycles. The average Bonchev–Trinajstić information content (AvgIpc) is 2.63. The lowest BCUT2D eigenvalue weighted by Gasteiger charge is -2.07. The lowest BCUT2D eigenvalue weighted by Crippen LogP contribution is -2.21. The zero-order chi connectivity index (χ0) is 19.2. The van der Waals surface area contributed by atoms with Crippen molar-refractivity contribution in [3.05, 3.63) is 76.9 Å². The molecule has 4 nitrogen and oxygen atoms in total. The van der Waals surface area contributed by atoms with E-state index in [4.69, 9.17) is 0 Å². The fraction of sp³-hybridized carbons (Fsp3) is 0.158. The quantitative estimate of drug-likeness (QED) is 0.801. The van der Waals surface area contributed by atoms with Crippen LogP contribution in [0.4, 0.5) is 13.2 Å². The standard InChI is InChI=1S/C19H17F3N2O2/c1-23-18(26)15-6-2-5-14(10-15)12-24-17(25)9-8-13-4-3-7-16(11-13)19(20,21)22/h2-11H,12H2,1H3,(H,23,26)(H,24,25)/b9-8+. The molecule has 0 heterocycles. The molecule has 0 unspecified atom stereocenters. The van der Waals surface area contributed by atoms with Crippen LogP contribution in [0.5, 0.6) is 0 Å². The van der Waals surface area contributed by atoms with Crippen LogP contribution in [0, 0.1) is 0 Å². The molecule has 0 aliphatic carbocycles. The van der Waals surface area contributed by atoms with E-state index in [1.807, 2.05) is 0 Å². The highest BCUT2D eigenvalue weighted by atomic mass is 19.4. The van der Waals surface area contributed by atoms with Crippen LogP contribution < -0.4 is 10.6 Å². The first kappa shape index (κ1) is 19.2. The Labute approximate surface area is 148 Å². The summed E-state index contributed by atoms with van der Waals surface area (Å²) in [5.41, 5.74) is 0.702. The van der Waals surface area contributed by atoms with E-state index in [9.17, 15) is 22.8 Å². The number of carbonyl (C=O) groups is 2. The van der Waals surface area contributed by atoms with Crippen LogP contribution in [0.15, 0.2) is 54.6 Å². The minimum atomic E-state index is -4.43. The van der Waals surface area contributed by atoms with Crippen molar-refractivity contribution in [2.45, 2.75) is 12.7 Å². The normalized spacial score (nSPS) is 11.4. The maximum atomic E-state index is 12.7. The third-order valence-electron chi connectivity index (χ3n) is 3.52. The lowest BCUT2D eigenvalue weighted by molar-refractivity contribution is -0.137. The summed E-state index contributed by atoms with van der Waals surface area (Å²) >= 11 is 0. The van der Waals surface area contributed by atoms with Gasteiger partial charge in [-0.15, -0.1) is 0 Å². The van der Waals surface area contributed by atoms with E-state index >= 15 is 0 Å². The molecule has 0 fully saturated rings. The minimum Gasteiger partial charge on any atom is -0.355 e. The number of carbonyl (C=O) groups excluding carboxylic acids is 2. The van der Waals surface area contributed by atoms with Gasteiger partial charge >= 0.3 is 6.18 Å². The maximum Gasteiger partial charge on any atom is 0.416 e. The zero-order valence-corrected chi connectivity index (χ0v) is 13.9. The summed E-state index contributed by atoms with van der Waals surface area (Å²) in [6.45, 7) is 0.191. The van der Waals surface area contributed by atoms with Crippen molar-refractivity contribution in [2.75, 3.05) is 7.05 Å². The van der Waals surface area contributed by atoms with Gasteiger partial charge in [-0.05, 0) is 41.5 Å². The van der Waals surface area contributed by atoms with Crippen molar-refractivity contribution < 1.29 is 22.8 Å². The summed E-state index contributed by atoms with van der Waals surface area (Å²) in [6, 6.07) is 11.4. The van der Waals surface area contributed by atoms with Crippen molar-refractivity contribution in [3.8, 4) is 0 Å². The first-order valence-corrected chi connectivity index (χ1v) is 7.74. The van der Waals surface area contributed by atoms with E-state index < -0.39 is 17.6 Å². The number of benzene rings is 2. The summed E-state index contributed by atoms with van der Waals surface area (Å²) in [6.07, 6.45) is -1.95. The number of hydrogen-bond donors (Lipinski definition) is 2. The first-order chi connectivity index (χ1) is 12.3. The summed E-state index contributed by atoms with van der Waals surface area (Å²) in [4.78, 5) is 23.4. The Hall–Kier alpha value is -3.09. The van der Waals surface area contributed by atoms with Gasteiger partial charge in [0.15, 0.2) is 0 Å². The number of hydrogen-bond acceptors (Lipinski definition) is 2. The van der Waals surface area contributed by atoms with Gasteiger partial charge in [0.2, 0.25) is 5.91 Å². The Morgan fingerprint density at radius 3 is 2.50 bits per heavy atom. The van der Waals surface area contributed by atoms with E-state index in [1.165, 1.54) is 25.3 Å². The van der Waals surface area contributed by atoms with Crippen LogP contribution in [-0.4, -0.2) is 18.9 Å². The van der Waals surface area contributed by atoms with Gasteiger partial charge < -0.3 is 10.6 Å². The summed E-state index contributed by atoms with van der Waals surface area (Å²) < 4.78 is 38.0. The third kappa shape index (κ3) is 5.47. The number of rotatable bonds is 5. The van der Waals surface area contributed by atoms with Gasteiger partial charge in [-0.1, -0.05) is 24.3 Å². The van der Waals surface area contributed by atoms with Crippen LogP contribution in [-0.2, 0) is 17.5 Å². The molecule has 0 aliphatic rings. The third-order valence-corrected chi connectivity index (χ3v) is 3.52. The zero-order valence-electron chi connectivity index (χ0n) is 13.9. The fourth-order valence-electron chi connectivity index (χ4n) is 2.21. The summed E-state index contributed by atoms with van der Waals surface area (Å²) in [7, 11) is 1.52. The van der Waals surface area contributed by atoms with Gasteiger partial charge in [-0.25, -0.2) is 0 Å². The monoisotopic (exact) mass is 362 g/mol. The predicted molar refractivity (Wildman–Crippen MR) is 92.2 cm³/mol. The molecule has 0 atom stereocenters. The highest BCUT2D eigenvalue weighted by Crippen LogP contribution is 2.29. The molecule has 0 radical (unpaired) electrons. The molecule has 7 heteroatoms. The van der Waals surface area contributed by atoms with Crippen molar-refractivity contribution in [2.24, 2.45) is 0 Å². The van der Waals surface area contributed by atoms with Crippen LogP contribution in [0.2, 0.25) is 0 Å². The molecule has 0 saturated carbocycles. The van der Waals surface area contributed by atoms with E-state index in [1.54, 1.807) is 24.3 Å². The molecule has 2 N–H and O–H groups in total. The maximum absolute atomic E-state index is 12.7. The molecule has 2 aromatic carbocycles. The summed E-state index contributed by atoms with van der Waals surface area (Å²) in [5, 5.41) is 5.13. The minimum absolute atomic E-state index is 0.191. The van der Waals surface area contributed by atoms with Gasteiger partial charge in [0, 0.05) is 25.2 Å². The van der Waals surface area contributed by atoms with Crippen molar-refractivity contribution in [1.82, 2.24) is 10.6 Å². The Kier molecular flexibility index (Phi) is 6.16. The van der Waals surface area contributed by atoms with Crippen LogP contribution in [0.1, 0.15) is 27.0 Å². The Morgan fingerprint density at radius 1 is 1.08 bits per heavy atom. The van der Waals surface area contributed by atoms with Crippen LogP contribution in [0.3, 0.4) is 0 Å². The molecule has 0 aromatic heterocycles. The van der Waals surface area contributed by atoms with Crippen LogP contribution >= 0.6 is 0 Å². The first-order valence-electron chi connectivity index (χ1n) is 7.74. The number of amides is 2. The predicted octanol–water partition coefficient (Wildman–Crippen LogP) is 3.39. The molecule has 26 heavy (non-hydrogen) atoms. The molecule has 0 aliphatic heterocycles. The molecule has 0 bridgehead atoms. The average molecular weight is 362 g/mol. The fourth-order valence-corrected chi connectivity index (χ4v) is 2.21. The SMILES string of the molecule is CNC(=O)c1cccc(CNC(=O)/C=C/c2cccc(C(F)(F)F)c2)c1. The van der Waals surface area contributed by atoms with Gasteiger partial charge in [0.25, 0.3) is 5.91 Å². The Morgan fingerprint density at radius 2 is 1.81 bits per heavy atom. The number of halogens is 3. The molecular formula is C19H17F3N2O2.